The summed E-state index contributed by atoms with van der Waals surface area (Å²) in [5.41, 5.74) is 1.83. The lowest BCUT2D eigenvalue weighted by atomic mass is 9.85. The number of allylic oxidation sites excluding steroid dienone is 2. The monoisotopic (exact) mass is 452 g/mol. The zero-order chi connectivity index (χ0) is 22.1. The predicted octanol–water partition coefficient (Wildman–Crippen LogP) is 7.38. The van der Waals surface area contributed by atoms with Gasteiger partial charge in [0, 0.05) is 0 Å². The zero-order valence-corrected chi connectivity index (χ0v) is 22.6. The van der Waals surface area contributed by atoms with E-state index >= 15 is 0 Å². The summed E-state index contributed by atoms with van der Waals surface area (Å²) in [4.78, 5) is 0. The molecule has 3 fully saturated rings. The summed E-state index contributed by atoms with van der Waals surface area (Å²) in [5, 5.41) is 1.81. The third kappa shape index (κ3) is 5.47. The number of benzene rings is 1. The molecule has 1 aromatic rings. The van der Waals surface area contributed by atoms with Gasteiger partial charge in [0.05, 0.1) is 15.6 Å². The average Bonchev–Trinajstić information content (AvgIpc) is 3.27. The van der Waals surface area contributed by atoms with Crippen LogP contribution in [0.25, 0.3) is 0 Å². The van der Waals surface area contributed by atoms with E-state index in [2.05, 4.69) is 70.3 Å². The van der Waals surface area contributed by atoms with Crippen LogP contribution in [0.5, 0.6) is 0 Å². The number of rotatable bonds is 6. The minimum Gasteiger partial charge on any atom is -0.413 e. The predicted molar refractivity (Wildman–Crippen MR) is 138 cm³/mol. The molecule has 3 aliphatic carbocycles. The van der Waals surface area contributed by atoms with Crippen LogP contribution < -0.4 is 5.19 Å². The van der Waals surface area contributed by atoms with Gasteiger partial charge in [-0.3, -0.25) is 0 Å². The first-order valence-corrected chi connectivity index (χ1v) is 17.0. The minimum absolute atomic E-state index is 0.288. The summed E-state index contributed by atoms with van der Waals surface area (Å²) < 4.78 is 7.23. The third-order valence-corrected chi connectivity index (χ3v) is 14.8. The molecule has 170 valence electrons. The summed E-state index contributed by atoms with van der Waals surface area (Å²) >= 11 is 0. The Balaban J connectivity index is 1.51. The Kier molecular flexibility index (Phi) is 7.35. The van der Waals surface area contributed by atoms with Crippen LogP contribution in [0, 0.1) is 23.7 Å². The zero-order valence-electron chi connectivity index (χ0n) is 20.6. The molecule has 3 saturated carbocycles. The molecule has 0 spiro atoms. The van der Waals surface area contributed by atoms with E-state index in [1.165, 1.54) is 62.6 Å². The Morgan fingerprint density at radius 2 is 1.74 bits per heavy atom. The molecule has 2 radical (unpaired) electrons. The second kappa shape index (κ2) is 9.69. The van der Waals surface area contributed by atoms with E-state index in [4.69, 9.17) is 4.43 Å². The van der Waals surface area contributed by atoms with Crippen molar-refractivity contribution >= 4 is 23.0 Å². The summed E-state index contributed by atoms with van der Waals surface area (Å²) in [5.74, 6) is 3.18. The van der Waals surface area contributed by atoms with E-state index in [0.717, 1.165) is 33.2 Å². The number of hydrogen-bond acceptors (Lipinski definition) is 1. The topological polar surface area (TPSA) is 9.23 Å². The molecule has 1 nitrogen and oxygen atoms in total. The molecule has 0 aromatic heterocycles. The van der Waals surface area contributed by atoms with Gasteiger partial charge in [0.2, 0.25) is 0 Å². The first-order chi connectivity index (χ1) is 14.7. The van der Waals surface area contributed by atoms with Gasteiger partial charge in [0.25, 0.3) is 0 Å². The van der Waals surface area contributed by atoms with Gasteiger partial charge >= 0.3 is 0 Å². The van der Waals surface area contributed by atoms with Gasteiger partial charge in [0.15, 0.2) is 8.32 Å². The summed E-state index contributed by atoms with van der Waals surface area (Å²) in [6.45, 7) is 12.1. The van der Waals surface area contributed by atoms with Crippen LogP contribution in [0.3, 0.4) is 0 Å². The standard InChI is InChI=1S/C28H44OSi2/c1-28(2,3)31(4,5)29-27-23(20-30-24-14-10-7-11-15-24)19-26-22(16-17-25(26)27)18-21-12-8-6-9-13-21/h7,10-11,14-15,18,21,23,25-27H,6,8-9,12-13,16-17,19-20H2,1-5H3/b22-18+/t23-,25-,26-,27-/m0/s1. The molecular weight excluding hydrogens is 408 g/mol. The van der Waals surface area contributed by atoms with Gasteiger partial charge in [-0.05, 0) is 73.9 Å². The SMILES string of the molecule is CC(C)(C)[Si](C)(C)O[C@H]1[C@H](C[Si]c2ccccc2)C[C@H]2/C(=C/C3CCCCC3)CC[C@H]12. The lowest BCUT2D eigenvalue weighted by Crippen LogP contribution is -2.46. The Bertz CT molecular complexity index is 742. The normalized spacial score (nSPS) is 31.3. The van der Waals surface area contributed by atoms with Gasteiger partial charge < -0.3 is 4.43 Å². The van der Waals surface area contributed by atoms with Gasteiger partial charge in [-0.2, -0.15) is 0 Å². The fourth-order valence-corrected chi connectivity index (χ4v) is 8.77. The highest BCUT2D eigenvalue weighted by Crippen LogP contribution is 2.54. The summed E-state index contributed by atoms with van der Waals surface area (Å²) in [6.07, 6.45) is 14.5. The molecule has 0 N–H and O–H groups in total. The van der Waals surface area contributed by atoms with Crippen molar-refractivity contribution in [2.24, 2.45) is 23.7 Å². The van der Waals surface area contributed by atoms with Crippen LogP contribution in [-0.2, 0) is 4.43 Å². The highest BCUT2D eigenvalue weighted by Gasteiger charge is 2.51. The smallest absolute Gasteiger partial charge is 0.192 e. The van der Waals surface area contributed by atoms with Crippen molar-refractivity contribution in [3.8, 4) is 0 Å². The van der Waals surface area contributed by atoms with Gasteiger partial charge in [-0.15, -0.1) is 0 Å². The van der Waals surface area contributed by atoms with Crippen molar-refractivity contribution in [1.29, 1.82) is 0 Å². The van der Waals surface area contributed by atoms with Crippen LogP contribution in [-0.4, -0.2) is 23.9 Å². The minimum atomic E-state index is -1.76. The van der Waals surface area contributed by atoms with E-state index in [1.807, 2.05) is 5.57 Å². The maximum atomic E-state index is 7.23. The number of hydrogen-bond donors (Lipinski definition) is 0. The first-order valence-electron chi connectivity index (χ1n) is 12.9. The van der Waals surface area contributed by atoms with Crippen molar-refractivity contribution in [2.45, 2.75) is 102 Å². The van der Waals surface area contributed by atoms with Crippen molar-refractivity contribution in [1.82, 2.24) is 0 Å². The van der Waals surface area contributed by atoms with Gasteiger partial charge in [0.1, 0.15) is 0 Å². The molecule has 0 heterocycles. The average molecular weight is 453 g/mol. The Morgan fingerprint density at radius 1 is 1.03 bits per heavy atom. The van der Waals surface area contributed by atoms with E-state index < -0.39 is 8.32 Å². The lowest BCUT2D eigenvalue weighted by Gasteiger charge is -2.41. The maximum Gasteiger partial charge on any atom is 0.192 e. The first kappa shape index (κ1) is 23.5. The van der Waals surface area contributed by atoms with E-state index in [-0.39, 0.29) is 5.04 Å². The van der Waals surface area contributed by atoms with Crippen molar-refractivity contribution < 1.29 is 4.43 Å². The molecule has 3 heteroatoms. The van der Waals surface area contributed by atoms with Crippen LogP contribution in [0.1, 0.15) is 72.1 Å². The molecule has 0 bridgehead atoms. The van der Waals surface area contributed by atoms with Crippen LogP contribution in [0.15, 0.2) is 42.0 Å². The number of fused-ring (bicyclic) bond motifs is 1. The highest BCUT2D eigenvalue weighted by atomic mass is 28.4. The molecule has 0 unspecified atom stereocenters. The van der Waals surface area contributed by atoms with Gasteiger partial charge in [-0.1, -0.05) is 93.2 Å². The molecular formula is C28H44OSi2. The lowest BCUT2D eigenvalue weighted by molar-refractivity contribution is 0.104. The molecule has 4 atom stereocenters. The van der Waals surface area contributed by atoms with Crippen molar-refractivity contribution in [3.63, 3.8) is 0 Å². The van der Waals surface area contributed by atoms with Gasteiger partial charge in [-0.25, -0.2) is 0 Å². The Hall–Kier alpha value is -0.646. The molecule has 3 aliphatic rings. The van der Waals surface area contributed by atoms with Crippen LogP contribution in [0.4, 0.5) is 0 Å². The summed E-state index contributed by atoms with van der Waals surface area (Å²) in [7, 11) is -0.845. The van der Waals surface area contributed by atoms with Crippen LogP contribution in [0.2, 0.25) is 24.2 Å². The van der Waals surface area contributed by atoms with Crippen molar-refractivity contribution in [2.75, 3.05) is 0 Å². The fraction of sp³-hybridized carbons (Fsp3) is 0.714. The summed E-state index contributed by atoms with van der Waals surface area (Å²) in [6, 6.07) is 12.5. The molecule has 0 saturated heterocycles. The van der Waals surface area contributed by atoms with E-state index in [1.54, 1.807) is 0 Å². The van der Waals surface area contributed by atoms with Crippen molar-refractivity contribution in [3.05, 3.63) is 42.0 Å². The highest BCUT2D eigenvalue weighted by molar-refractivity contribution is 6.74. The Morgan fingerprint density at radius 3 is 2.42 bits per heavy atom. The maximum absolute atomic E-state index is 7.23. The third-order valence-electron chi connectivity index (χ3n) is 8.88. The molecule has 4 rings (SSSR count). The molecule has 31 heavy (non-hydrogen) atoms. The quantitative estimate of drug-likeness (QED) is 0.323. The Labute approximate surface area is 195 Å². The second-order valence-electron chi connectivity index (χ2n) is 12.0. The molecule has 1 aromatic carbocycles. The molecule has 0 aliphatic heterocycles. The largest absolute Gasteiger partial charge is 0.413 e. The van der Waals surface area contributed by atoms with E-state index in [0.29, 0.717) is 6.10 Å². The molecule has 0 amide bonds. The second-order valence-corrected chi connectivity index (χ2v) is 18.1. The van der Waals surface area contributed by atoms with Crippen LogP contribution >= 0.6 is 0 Å². The fourth-order valence-electron chi connectivity index (χ4n) is 6.04. The van der Waals surface area contributed by atoms with E-state index in [9.17, 15) is 0 Å².